The average molecular weight is 426 g/mol. The van der Waals surface area contributed by atoms with Gasteiger partial charge in [-0.1, -0.05) is 36.9 Å². The normalized spacial score (nSPS) is 11.7. The Morgan fingerprint density at radius 2 is 1.94 bits per heavy atom. The van der Waals surface area contributed by atoms with Gasteiger partial charge in [0.05, 0.1) is 12.0 Å². The molecule has 3 aromatic rings. The molecule has 0 spiro atoms. The van der Waals surface area contributed by atoms with Crippen molar-refractivity contribution in [3.05, 3.63) is 78.8 Å². The highest BCUT2D eigenvalue weighted by Gasteiger charge is 2.25. The molecule has 0 unspecified atom stereocenters. The fourth-order valence-corrected chi connectivity index (χ4v) is 3.10. The van der Waals surface area contributed by atoms with Crippen LogP contribution in [0.1, 0.15) is 5.56 Å². The lowest BCUT2D eigenvalue weighted by atomic mass is 10.1. The summed E-state index contributed by atoms with van der Waals surface area (Å²) in [4.78, 5) is 25.7. The molecule has 31 heavy (non-hydrogen) atoms. The van der Waals surface area contributed by atoms with Crippen molar-refractivity contribution >= 4 is 35.8 Å². The topological polar surface area (TPSA) is 112 Å². The van der Waals surface area contributed by atoms with Crippen molar-refractivity contribution in [1.82, 2.24) is 5.32 Å². The standard InChI is InChI=1S/C21H20BFN2O6/c1-2-21(27)25(17-9-5-4-8-16(17)23)12-19(26)24-20(31-22(28)29)11-14-13-30-18-10-6-3-7-15(14)18/h2-10,13,20,28-29H,1,11-12H2,(H,24,26)/t20-/m1/s1. The van der Waals surface area contributed by atoms with E-state index in [1.807, 2.05) is 12.1 Å². The van der Waals surface area contributed by atoms with Crippen LogP contribution in [0.5, 0.6) is 0 Å². The van der Waals surface area contributed by atoms with Crippen molar-refractivity contribution in [2.45, 2.75) is 12.6 Å². The quantitative estimate of drug-likeness (QED) is 0.273. The predicted molar refractivity (Wildman–Crippen MR) is 112 cm³/mol. The Balaban J connectivity index is 1.77. The average Bonchev–Trinajstić information content (AvgIpc) is 3.14. The first-order valence-corrected chi connectivity index (χ1v) is 9.33. The third kappa shape index (κ3) is 5.57. The molecule has 0 radical (unpaired) electrons. The van der Waals surface area contributed by atoms with Gasteiger partial charge in [-0.25, -0.2) is 4.39 Å². The number of hydrogen-bond donors (Lipinski definition) is 3. The van der Waals surface area contributed by atoms with Crippen LogP contribution in [0, 0.1) is 5.82 Å². The molecule has 0 aliphatic rings. The molecule has 1 atom stereocenters. The maximum Gasteiger partial charge on any atom is 0.635 e. The van der Waals surface area contributed by atoms with Gasteiger partial charge in [-0.05, 0) is 24.3 Å². The highest BCUT2D eigenvalue weighted by molar-refractivity contribution is 6.32. The summed E-state index contributed by atoms with van der Waals surface area (Å²) in [7, 11) is -2.15. The number of halogens is 1. The maximum atomic E-state index is 14.2. The smallest absolute Gasteiger partial charge is 0.464 e. The van der Waals surface area contributed by atoms with Crippen LogP contribution in [0.2, 0.25) is 0 Å². The Bertz CT molecular complexity index is 1090. The second-order valence-electron chi connectivity index (χ2n) is 6.56. The molecule has 10 heteroatoms. The third-order valence-corrected chi connectivity index (χ3v) is 4.46. The van der Waals surface area contributed by atoms with Crippen LogP contribution >= 0.6 is 0 Å². The Morgan fingerprint density at radius 3 is 2.65 bits per heavy atom. The summed E-state index contributed by atoms with van der Waals surface area (Å²) in [5, 5.41) is 21.7. The molecule has 0 aliphatic carbocycles. The van der Waals surface area contributed by atoms with Crippen molar-refractivity contribution < 1.29 is 33.1 Å². The molecule has 0 aliphatic heterocycles. The molecule has 160 valence electrons. The van der Waals surface area contributed by atoms with E-state index in [1.54, 1.807) is 12.1 Å². The number of hydrogen-bond acceptors (Lipinski definition) is 6. The monoisotopic (exact) mass is 426 g/mol. The summed E-state index contributed by atoms with van der Waals surface area (Å²) in [6.45, 7) is 2.83. The van der Waals surface area contributed by atoms with Gasteiger partial charge in [-0.15, -0.1) is 0 Å². The van der Waals surface area contributed by atoms with Crippen LogP contribution in [0.15, 0.2) is 71.9 Å². The van der Waals surface area contributed by atoms with Crippen LogP contribution in [-0.4, -0.2) is 42.0 Å². The van der Waals surface area contributed by atoms with E-state index in [-0.39, 0.29) is 12.1 Å². The molecule has 8 nitrogen and oxygen atoms in total. The Kier molecular flexibility index (Phi) is 7.19. The van der Waals surface area contributed by atoms with Crippen molar-refractivity contribution in [3.63, 3.8) is 0 Å². The first kappa shape index (κ1) is 22.2. The number of benzene rings is 2. The zero-order valence-electron chi connectivity index (χ0n) is 16.4. The van der Waals surface area contributed by atoms with E-state index in [0.717, 1.165) is 22.4 Å². The van der Waals surface area contributed by atoms with E-state index >= 15 is 0 Å². The highest BCUT2D eigenvalue weighted by Crippen LogP contribution is 2.22. The van der Waals surface area contributed by atoms with Gasteiger partial charge in [-0.2, -0.15) is 0 Å². The molecule has 1 heterocycles. The Hall–Kier alpha value is -3.47. The molecular weight excluding hydrogens is 406 g/mol. The SMILES string of the molecule is C=CC(=O)N(CC(=O)N[C@@H](Cc1coc2ccccc12)OB(O)O)c1ccccc1F. The molecule has 2 amide bonds. The maximum absolute atomic E-state index is 14.2. The number of carbonyl (C=O) groups excluding carboxylic acids is 2. The van der Waals surface area contributed by atoms with Gasteiger partial charge in [0.15, 0.2) is 0 Å². The predicted octanol–water partition coefficient (Wildman–Crippen LogP) is 1.76. The van der Waals surface area contributed by atoms with Crippen LogP contribution in [0.3, 0.4) is 0 Å². The molecule has 0 saturated carbocycles. The van der Waals surface area contributed by atoms with Crippen molar-refractivity contribution in [2.75, 3.05) is 11.4 Å². The van der Waals surface area contributed by atoms with Gasteiger partial charge < -0.3 is 24.4 Å². The number of para-hydroxylation sites is 2. The summed E-state index contributed by atoms with van der Waals surface area (Å²) in [5.74, 6) is -2.08. The lowest BCUT2D eigenvalue weighted by Crippen LogP contribution is -2.47. The zero-order valence-corrected chi connectivity index (χ0v) is 16.4. The number of fused-ring (bicyclic) bond motifs is 1. The largest absolute Gasteiger partial charge is 0.635 e. The first-order valence-electron chi connectivity index (χ1n) is 9.33. The van der Waals surface area contributed by atoms with Crippen LogP contribution < -0.4 is 10.2 Å². The molecule has 2 aromatic carbocycles. The third-order valence-electron chi connectivity index (χ3n) is 4.46. The zero-order chi connectivity index (χ0) is 22.4. The molecule has 1 aromatic heterocycles. The highest BCUT2D eigenvalue weighted by atomic mass is 19.1. The van der Waals surface area contributed by atoms with Crippen LogP contribution in [0.4, 0.5) is 10.1 Å². The number of amides is 2. The van der Waals surface area contributed by atoms with Crippen molar-refractivity contribution in [3.8, 4) is 0 Å². The minimum atomic E-state index is -2.15. The van der Waals surface area contributed by atoms with Crippen LogP contribution in [-0.2, 0) is 20.7 Å². The minimum absolute atomic E-state index is 0.0511. The van der Waals surface area contributed by atoms with Gasteiger partial charge in [0.25, 0.3) is 5.91 Å². The summed E-state index contributed by atoms with van der Waals surface area (Å²) in [6.07, 6.45) is 1.33. The van der Waals surface area contributed by atoms with Crippen molar-refractivity contribution in [2.24, 2.45) is 0 Å². The van der Waals surface area contributed by atoms with Gasteiger partial charge in [0, 0.05) is 17.4 Å². The van der Waals surface area contributed by atoms with E-state index in [1.165, 1.54) is 24.5 Å². The number of rotatable bonds is 9. The van der Waals surface area contributed by atoms with E-state index in [0.29, 0.717) is 11.1 Å². The Labute approximate surface area is 177 Å². The molecule has 3 N–H and O–H groups in total. The fourth-order valence-electron chi connectivity index (χ4n) is 3.10. The summed E-state index contributed by atoms with van der Waals surface area (Å²) < 4.78 is 24.6. The van der Waals surface area contributed by atoms with Gasteiger partial charge in [0.1, 0.15) is 24.2 Å². The summed E-state index contributed by atoms with van der Waals surface area (Å²) >= 11 is 0. The second-order valence-corrected chi connectivity index (χ2v) is 6.56. The molecule has 0 bridgehead atoms. The number of carbonyl (C=O) groups is 2. The lowest BCUT2D eigenvalue weighted by molar-refractivity contribution is -0.124. The number of furan rings is 1. The summed E-state index contributed by atoms with van der Waals surface area (Å²) in [6, 6.07) is 12.7. The van der Waals surface area contributed by atoms with Crippen LogP contribution in [0.25, 0.3) is 11.0 Å². The first-order chi connectivity index (χ1) is 14.9. The van der Waals surface area contributed by atoms with E-state index < -0.39 is 37.7 Å². The molecular formula is C21H20BFN2O6. The summed E-state index contributed by atoms with van der Waals surface area (Å²) in [5.41, 5.74) is 1.19. The molecule has 3 rings (SSSR count). The fraction of sp³-hybridized carbons (Fsp3) is 0.143. The van der Waals surface area contributed by atoms with E-state index in [2.05, 4.69) is 11.9 Å². The molecule has 0 saturated heterocycles. The second kappa shape index (κ2) is 10.0. The van der Waals surface area contributed by atoms with E-state index in [4.69, 9.17) is 9.07 Å². The van der Waals surface area contributed by atoms with Gasteiger partial charge in [0.2, 0.25) is 5.91 Å². The number of nitrogens with one attached hydrogen (secondary N) is 1. The van der Waals surface area contributed by atoms with Gasteiger partial charge >= 0.3 is 7.32 Å². The minimum Gasteiger partial charge on any atom is -0.464 e. The number of anilines is 1. The lowest BCUT2D eigenvalue weighted by Gasteiger charge is -2.24. The van der Waals surface area contributed by atoms with Crippen molar-refractivity contribution in [1.29, 1.82) is 0 Å². The van der Waals surface area contributed by atoms with Gasteiger partial charge in [-0.3, -0.25) is 14.5 Å². The molecule has 0 fully saturated rings. The number of nitrogens with zero attached hydrogens (tertiary/aromatic N) is 1. The van der Waals surface area contributed by atoms with E-state index in [9.17, 15) is 24.0 Å². The Morgan fingerprint density at radius 1 is 1.23 bits per heavy atom.